The Morgan fingerprint density at radius 1 is 1.33 bits per heavy atom. The molecule has 1 aromatic heterocycles. The Morgan fingerprint density at radius 2 is 2.19 bits per heavy atom. The van der Waals surface area contributed by atoms with Crippen LogP contribution in [0.2, 0.25) is 0 Å². The number of carbonyl (C=O) groups excluding carboxylic acids is 1. The van der Waals surface area contributed by atoms with Crippen LogP contribution < -0.4 is 10.6 Å². The molecule has 1 atom stereocenters. The van der Waals surface area contributed by atoms with Gasteiger partial charge in [0.05, 0.1) is 6.04 Å². The largest absolute Gasteiger partial charge is 0.352 e. The summed E-state index contributed by atoms with van der Waals surface area (Å²) in [6.45, 7) is 2.90. The van der Waals surface area contributed by atoms with E-state index in [-0.39, 0.29) is 11.9 Å². The maximum atomic E-state index is 12.2. The zero-order valence-corrected chi connectivity index (χ0v) is 13.2. The maximum Gasteiger partial charge on any atom is 0.251 e. The van der Waals surface area contributed by atoms with E-state index in [1.165, 1.54) is 10.4 Å². The quantitative estimate of drug-likeness (QED) is 0.915. The van der Waals surface area contributed by atoms with Gasteiger partial charge in [0.25, 0.3) is 5.91 Å². The molecule has 2 aromatic rings. The minimum Gasteiger partial charge on any atom is -0.352 e. The predicted molar refractivity (Wildman–Crippen MR) is 87.1 cm³/mol. The number of rotatable bonds is 3. The molecule has 2 heterocycles. The molecule has 4 heteroatoms. The summed E-state index contributed by atoms with van der Waals surface area (Å²) in [6, 6.07) is 8.60. The van der Waals surface area contributed by atoms with E-state index in [9.17, 15) is 4.79 Å². The Bertz CT molecular complexity index is 663. The van der Waals surface area contributed by atoms with Crippen LogP contribution in [0.3, 0.4) is 0 Å². The van der Waals surface area contributed by atoms with Crippen LogP contribution in [0.1, 0.15) is 44.4 Å². The molecule has 3 nitrogen and oxygen atoms in total. The van der Waals surface area contributed by atoms with Gasteiger partial charge >= 0.3 is 0 Å². The summed E-state index contributed by atoms with van der Waals surface area (Å²) in [7, 11) is 1.97. The minimum absolute atomic E-state index is 0.0575. The van der Waals surface area contributed by atoms with E-state index < -0.39 is 0 Å². The summed E-state index contributed by atoms with van der Waals surface area (Å²) in [6.07, 6.45) is 1.98. The molecular formula is C17H20N2OS. The van der Waals surface area contributed by atoms with Crippen LogP contribution in [-0.2, 0) is 6.42 Å². The molecule has 1 aliphatic rings. The molecule has 21 heavy (non-hydrogen) atoms. The highest BCUT2D eigenvalue weighted by Crippen LogP contribution is 2.30. The number of amides is 1. The van der Waals surface area contributed by atoms with Gasteiger partial charge in [-0.1, -0.05) is 12.1 Å². The first-order valence-corrected chi connectivity index (χ1v) is 8.21. The molecule has 0 spiro atoms. The van der Waals surface area contributed by atoms with Crippen LogP contribution in [-0.4, -0.2) is 19.5 Å². The van der Waals surface area contributed by atoms with E-state index in [2.05, 4.69) is 47.2 Å². The standard InChI is InChI=1S/C17H20N2OS/c1-11-7-9-21-16(11)15(18-2)13-6-5-12-4-3-8-19-17(20)14(12)10-13/h5-7,9-10,15,18H,3-4,8H2,1-2H3,(H,19,20). The molecule has 1 unspecified atom stereocenters. The molecule has 3 rings (SSSR count). The third-order valence-corrected chi connectivity index (χ3v) is 5.16. The molecule has 0 fully saturated rings. The molecule has 0 radical (unpaired) electrons. The number of benzene rings is 1. The smallest absolute Gasteiger partial charge is 0.251 e. The van der Waals surface area contributed by atoms with Crippen LogP contribution >= 0.6 is 11.3 Å². The summed E-state index contributed by atoms with van der Waals surface area (Å²) in [5, 5.41) is 8.47. The second-order valence-corrected chi connectivity index (χ2v) is 6.41. The zero-order valence-electron chi connectivity index (χ0n) is 12.4. The number of thiophene rings is 1. The molecule has 110 valence electrons. The van der Waals surface area contributed by atoms with Crippen molar-refractivity contribution >= 4 is 17.2 Å². The summed E-state index contributed by atoms with van der Waals surface area (Å²) in [5.41, 5.74) is 4.43. The molecule has 0 aliphatic carbocycles. The molecule has 1 aromatic carbocycles. The van der Waals surface area contributed by atoms with Gasteiger partial charge in [0.15, 0.2) is 0 Å². The molecular weight excluding hydrogens is 280 g/mol. The fourth-order valence-electron chi connectivity index (χ4n) is 2.91. The van der Waals surface area contributed by atoms with Crippen LogP contribution in [0, 0.1) is 6.92 Å². The van der Waals surface area contributed by atoms with Gasteiger partial charge in [-0.15, -0.1) is 11.3 Å². The summed E-state index contributed by atoms with van der Waals surface area (Å²) < 4.78 is 0. The zero-order chi connectivity index (χ0) is 14.8. The Hall–Kier alpha value is -1.65. The van der Waals surface area contributed by atoms with Crippen molar-refractivity contribution < 1.29 is 4.79 Å². The van der Waals surface area contributed by atoms with Gasteiger partial charge in [-0.3, -0.25) is 4.79 Å². The van der Waals surface area contributed by atoms with Crippen molar-refractivity contribution in [3.05, 3.63) is 56.8 Å². The van der Waals surface area contributed by atoms with Gasteiger partial charge in [-0.05, 0) is 61.0 Å². The minimum atomic E-state index is 0.0575. The highest BCUT2D eigenvalue weighted by atomic mass is 32.1. The van der Waals surface area contributed by atoms with Gasteiger partial charge in [0, 0.05) is 17.0 Å². The second-order valence-electron chi connectivity index (χ2n) is 5.47. The number of aryl methyl sites for hydroxylation is 2. The highest BCUT2D eigenvalue weighted by molar-refractivity contribution is 7.10. The van der Waals surface area contributed by atoms with E-state index >= 15 is 0 Å². The lowest BCUT2D eigenvalue weighted by Gasteiger charge is -2.18. The van der Waals surface area contributed by atoms with Crippen molar-refractivity contribution in [2.45, 2.75) is 25.8 Å². The van der Waals surface area contributed by atoms with Crippen LogP contribution in [0.15, 0.2) is 29.6 Å². The topological polar surface area (TPSA) is 41.1 Å². The van der Waals surface area contributed by atoms with Crippen molar-refractivity contribution in [2.75, 3.05) is 13.6 Å². The lowest BCUT2D eigenvalue weighted by atomic mass is 9.96. The van der Waals surface area contributed by atoms with Crippen molar-refractivity contribution in [1.82, 2.24) is 10.6 Å². The number of nitrogens with one attached hydrogen (secondary N) is 2. The molecule has 1 aliphatic heterocycles. The fraction of sp³-hybridized carbons (Fsp3) is 0.353. The number of hydrogen-bond donors (Lipinski definition) is 2. The normalized spacial score (nSPS) is 16.0. The first-order valence-electron chi connectivity index (χ1n) is 7.33. The summed E-state index contributed by atoms with van der Waals surface area (Å²) in [5.74, 6) is 0.0575. The Labute approximate surface area is 129 Å². The maximum absolute atomic E-state index is 12.2. The summed E-state index contributed by atoms with van der Waals surface area (Å²) in [4.78, 5) is 13.5. The van der Waals surface area contributed by atoms with E-state index in [1.807, 2.05) is 7.05 Å². The monoisotopic (exact) mass is 300 g/mol. The first kappa shape index (κ1) is 14.3. The molecule has 2 N–H and O–H groups in total. The molecule has 0 saturated carbocycles. The first-order chi connectivity index (χ1) is 10.2. The van der Waals surface area contributed by atoms with Crippen LogP contribution in [0.4, 0.5) is 0 Å². The van der Waals surface area contributed by atoms with Gasteiger partial charge in [-0.2, -0.15) is 0 Å². The average molecular weight is 300 g/mol. The average Bonchev–Trinajstić information content (AvgIpc) is 2.82. The number of hydrogen-bond acceptors (Lipinski definition) is 3. The Morgan fingerprint density at radius 3 is 2.90 bits per heavy atom. The number of carbonyl (C=O) groups is 1. The lowest BCUT2D eigenvalue weighted by molar-refractivity contribution is 0.0956. The van der Waals surface area contributed by atoms with E-state index in [1.54, 1.807) is 11.3 Å². The van der Waals surface area contributed by atoms with Gasteiger partial charge in [0.2, 0.25) is 0 Å². The van der Waals surface area contributed by atoms with Crippen LogP contribution in [0.5, 0.6) is 0 Å². The third kappa shape index (κ3) is 2.74. The molecule has 0 bridgehead atoms. The third-order valence-electron chi connectivity index (χ3n) is 4.07. The fourth-order valence-corrected chi connectivity index (χ4v) is 3.97. The molecule has 1 amide bonds. The van der Waals surface area contributed by atoms with E-state index in [0.717, 1.165) is 36.1 Å². The SMILES string of the molecule is CNC(c1ccc2c(c1)C(=O)NCCC2)c1sccc1C. The summed E-state index contributed by atoms with van der Waals surface area (Å²) >= 11 is 1.76. The van der Waals surface area contributed by atoms with Gasteiger partial charge in [0.1, 0.15) is 0 Å². The van der Waals surface area contributed by atoms with Crippen molar-refractivity contribution in [2.24, 2.45) is 0 Å². The van der Waals surface area contributed by atoms with E-state index in [0.29, 0.717) is 0 Å². The van der Waals surface area contributed by atoms with Crippen molar-refractivity contribution in [3.63, 3.8) is 0 Å². The highest BCUT2D eigenvalue weighted by Gasteiger charge is 2.20. The molecule has 0 saturated heterocycles. The Balaban J connectivity index is 2.02. The van der Waals surface area contributed by atoms with Crippen LogP contribution in [0.25, 0.3) is 0 Å². The van der Waals surface area contributed by atoms with Gasteiger partial charge < -0.3 is 10.6 Å². The predicted octanol–water partition coefficient (Wildman–Crippen LogP) is 3.04. The second kappa shape index (κ2) is 6.00. The Kier molecular flexibility index (Phi) is 4.08. The number of fused-ring (bicyclic) bond motifs is 1. The van der Waals surface area contributed by atoms with Gasteiger partial charge in [-0.25, -0.2) is 0 Å². The van der Waals surface area contributed by atoms with E-state index in [4.69, 9.17) is 0 Å². The van der Waals surface area contributed by atoms with Crippen molar-refractivity contribution in [3.8, 4) is 0 Å². The van der Waals surface area contributed by atoms with Crippen molar-refractivity contribution in [1.29, 1.82) is 0 Å². The lowest BCUT2D eigenvalue weighted by Crippen LogP contribution is -2.23.